The van der Waals surface area contributed by atoms with Crippen molar-refractivity contribution in [2.75, 3.05) is 5.32 Å². The molecule has 0 saturated heterocycles. The normalized spacial score (nSPS) is 11.7. The Hall–Kier alpha value is -3.04. The maximum Gasteiger partial charge on any atom is 0.453 e. The number of nitrogens with one attached hydrogen (secondary N) is 1. The Labute approximate surface area is 132 Å². The number of fused-ring (bicyclic) bond motifs is 1. The van der Waals surface area contributed by atoms with Crippen LogP contribution >= 0.6 is 0 Å². The molecule has 0 spiro atoms. The summed E-state index contributed by atoms with van der Waals surface area (Å²) in [5, 5.41) is 5.76. The zero-order chi connectivity index (χ0) is 17.5. The summed E-state index contributed by atoms with van der Waals surface area (Å²) in [6.45, 7) is 1.50. The molecule has 0 unspecified atom stereocenters. The lowest BCUT2D eigenvalue weighted by atomic mass is 10.2. The van der Waals surface area contributed by atoms with Gasteiger partial charge in [0.15, 0.2) is 0 Å². The zero-order valence-electron chi connectivity index (χ0n) is 12.1. The van der Waals surface area contributed by atoms with Gasteiger partial charge >= 0.3 is 6.18 Å². The maximum absolute atomic E-state index is 12.8. The Bertz CT molecular complexity index is 917. The molecule has 0 aliphatic rings. The topological polar surface area (TPSA) is 72.2 Å². The van der Waals surface area contributed by atoms with Gasteiger partial charge < -0.3 is 5.32 Å². The van der Waals surface area contributed by atoms with Crippen molar-refractivity contribution in [3.63, 3.8) is 0 Å². The van der Waals surface area contributed by atoms with Crippen LogP contribution in [0.4, 0.5) is 23.4 Å². The lowest BCUT2D eigenvalue weighted by Crippen LogP contribution is -2.14. The lowest BCUT2D eigenvalue weighted by molar-refractivity contribution is -0.144. The minimum atomic E-state index is -4.70. The summed E-state index contributed by atoms with van der Waals surface area (Å²) in [6, 6.07) is 6.13. The fourth-order valence-corrected chi connectivity index (χ4v) is 1.99. The first-order valence-electron chi connectivity index (χ1n) is 6.62. The van der Waals surface area contributed by atoms with Crippen molar-refractivity contribution in [3.05, 3.63) is 53.2 Å². The Morgan fingerprint density at radius 2 is 1.83 bits per heavy atom. The molecule has 0 radical (unpaired) electrons. The Kier molecular flexibility index (Phi) is 3.66. The van der Waals surface area contributed by atoms with Crippen LogP contribution in [0.3, 0.4) is 0 Å². The number of hydrogen-bond donors (Lipinski definition) is 1. The van der Waals surface area contributed by atoms with E-state index in [0.29, 0.717) is 5.69 Å². The molecule has 10 heteroatoms. The Balaban J connectivity index is 1.92. The van der Waals surface area contributed by atoms with Crippen LogP contribution in [0, 0.1) is 12.7 Å². The van der Waals surface area contributed by atoms with E-state index in [-0.39, 0.29) is 17.2 Å². The van der Waals surface area contributed by atoms with E-state index in [2.05, 4.69) is 20.4 Å². The smallest absolute Gasteiger partial charge is 0.306 e. The predicted octanol–water partition coefficient (Wildman–Crippen LogP) is 2.84. The summed E-state index contributed by atoms with van der Waals surface area (Å²) in [5.41, 5.74) is 0.477. The zero-order valence-corrected chi connectivity index (χ0v) is 12.1. The molecule has 0 fully saturated rings. The van der Waals surface area contributed by atoms with E-state index in [4.69, 9.17) is 0 Å². The number of amides is 1. The van der Waals surface area contributed by atoms with Crippen molar-refractivity contribution in [1.82, 2.24) is 19.6 Å². The van der Waals surface area contributed by atoms with Crippen molar-refractivity contribution < 1.29 is 22.4 Å². The van der Waals surface area contributed by atoms with Crippen molar-refractivity contribution >= 4 is 17.5 Å². The van der Waals surface area contributed by atoms with Gasteiger partial charge in [0.1, 0.15) is 11.6 Å². The first kappa shape index (κ1) is 15.8. The number of nitrogens with zero attached hydrogens (tertiary/aromatic N) is 4. The molecule has 0 atom stereocenters. The third-order valence-corrected chi connectivity index (χ3v) is 3.09. The highest BCUT2D eigenvalue weighted by molar-refractivity contribution is 6.03. The number of halogens is 4. The van der Waals surface area contributed by atoms with Crippen molar-refractivity contribution in [2.45, 2.75) is 13.1 Å². The molecule has 0 bridgehead atoms. The van der Waals surface area contributed by atoms with Crippen LogP contribution in [-0.4, -0.2) is 25.5 Å². The predicted molar refractivity (Wildman–Crippen MR) is 74.9 cm³/mol. The SMILES string of the molecule is Cc1cc(NC(=O)c2ccc(F)cc2)nc2nc(C(F)(F)F)nn12. The highest BCUT2D eigenvalue weighted by Crippen LogP contribution is 2.26. The summed E-state index contributed by atoms with van der Waals surface area (Å²) in [6.07, 6.45) is -4.70. The summed E-state index contributed by atoms with van der Waals surface area (Å²) < 4.78 is 51.7. The number of aryl methyl sites for hydroxylation is 1. The standard InChI is InChI=1S/C14H9F4N5O/c1-7-6-10(19-11(24)8-2-4-9(15)5-3-8)20-13-21-12(14(16,17)18)22-23(7)13/h2-6H,1H3,(H,19,20,21,22,24). The van der Waals surface area contributed by atoms with Gasteiger partial charge in [-0.15, -0.1) is 5.10 Å². The van der Waals surface area contributed by atoms with Gasteiger partial charge in [0, 0.05) is 17.3 Å². The van der Waals surface area contributed by atoms with Crippen LogP contribution in [0.15, 0.2) is 30.3 Å². The molecule has 1 N–H and O–H groups in total. The van der Waals surface area contributed by atoms with Gasteiger partial charge in [0.05, 0.1) is 0 Å². The lowest BCUT2D eigenvalue weighted by Gasteiger charge is -2.06. The second kappa shape index (κ2) is 5.55. The third kappa shape index (κ3) is 3.03. The maximum atomic E-state index is 12.8. The molecule has 1 aromatic carbocycles. The minimum Gasteiger partial charge on any atom is -0.306 e. The van der Waals surface area contributed by atoms with Crippen LogP contribution < -0.4 is 5.32 Å². The van der Waals surface area contributed by atoms with Crippen LogP contribution in [0.5, 0.6) is 0 Å². The van der Waals surface area contributed by atoms with Crippen LogP contribution in [0.1, 0.15) is 21.9 Å². The molecule has 6 nitrogen and oxygen atoms in total. The van der Waals surface area contributed by atoms with E-state index in [1.54, 1.807) is 0 Å². The quantitative estimate of drug-likeness (QED) is 0.729. The molecule has 1 amide bonds. The number of rotatable bonds is 2. The Morgan fingerprint density at radius 1 is 1.17 bits per heavy atom. The molecular formula is C14H9F4N5O. The van der Waals surface area contributed by atoms with Crippen LogP contribution in [0.2, 0.25) is 0 Å². The van der Waals surface area contributed by atoms with Gasteiger partial charge in [0.2, 0.25) is 0 Å². The van der Waals surface area contributed by atoms with Gasteiger partial charge in [-0.1, -0.05) is 0 Å². The fraction of sp³-hybridized carbons (Fsp3) is 0.143. The first-order valence-corrected chi connectivity index (χ1v) is 6.62. The van der Waals surface area contributed by atoms with E-state index in [0.717, 1.165) is 16.6 Å². The number of carbonyl (C=O) groups excluding carboxylic acids is 1. The van der Waals surface area contributed by atoms with Gasteiger partial charge in [0.25, 0.3) is 17.5 Å². The van der Waals surface area contributed by atoms with E-state index in [1.165, 1.54) is 25.1 Å². The molecule has 2 heterocycles. The number of alkyl halides is 3. The van der Waals surface area contributed by atoms with E-state index in [1.807, 2.05) is 0 Å². The van der Waals surface area contributed by atoms with E-state index in [9.17, 15) is 22.4 Å². The fourth-order valence-electron chi connectivity index (χ4n) is 1.99. The number of carbonyl (C=O) groups is 1. The van der Waals surface area contributed by atoms with E-state index >= 15 is 0 Å². The largest absolute Gasteiger partial charge is 0.453 e. The molecule has 124 valence electrons. The average molecular weight is 339 g/mol. The third-order valence-electron chi connectivity index (χ3n) is 3.09. The molecule has 3 rings (SSSR count). The van der Waals surface area contributed by atoms with Gasteiger partial charge in [-0.2, -0.15) is 23.1 Å². The minimum absolute atomic E-state index is 0.00968. The number of aromatic nitrogens is 4. The van der Waals surface area contributed by atoms with Gasteiger partial charge in [-0.25, -0.2) is 8.91 Å². The summed E-state index contributed by atoms with van der Waals surface area (Å²) in [7, 11) is 0. The van der Waals surface area contributed by atoms with Gasteiger partial charge in [-0.3, -0.25) is 4.79 Å². The van der Waals surface area contributed by atoms with Gasteiger partial charge in [-0.05, 0) is 31.2 Å². The molecule has 0 aliphatic carbocycles. The summed E-state index contributed by atoms with van der Waals surface area (Å²) >= 11 is 0. The Morgan fingerprint density at radius 3 is 2.46 bits per heavy atom. The number of benzene rings is 1. The molecule has 2 aromatic heterocycles. The number of anilines is 1. The highest BCUT2D eigenvalue weighted by atomic mass is 19.4. The van der Waals surface area contributed by atoms with Crippen molar-refractivity contribution in [1.29, 1.82) is 0 Å². The molecule has 24 heavy (non-hydrogen) atoms. The highest BCUT2D eigenvalue weighted by Gasteiger charge is 2.36. The van der Waals surface area contributed by atoms with E-state index < -0.39 is 23.7 Å². The number of hydrogen-bond acceptors (Lipinski definition) is 4. The van der Waals surface area contributed by atoms with Crippen molar-refractivity contribution in [2.24, 2.45) is 0 Å². The molecule has 0 aliphatic heterocycles. The average Bonchev–Trinajstić information content (AvgIpc) is 2.92. The molecule has 0 saturated carbocycles. The van der Waals surface area contributed by atoms with Crippen LogP contribution in [-0.2, 0) is 6.18 Å². The monoisotopic (exact) mass is 339 g/mol. The second-order valence-electron chi connectivity index (χ2n) is 4.89. The first-order chi connectivity index (χ1) is 11.2. The molecule has 3 aromatic rings. The van der Waals surface area contributed by atoms with Crippen molar-refractivity contribution in [3.8, 4) is 0 Å². The second-order valence-corrected chi connectivity index (χ2v) is 4.89. The molecular weight excluding hydrogens is 330 g/mol. The summed E-state index contributed by atoms with van der Waals surface area (Å²) in [5.74, 6) is -2.68. The summed E-state index contributed by atoms with van der Waals surface area (Å²) in [4.78, 5) is 19.2. The van der Waals surface area contributed by atoms with Crippen LogP contribution in [0.25, 0.3) is 5.78 Å².